The van der Waals surface area contributed by atoms with Crippen LogP contribution >= 0.6 is 11.6 Å². The van der Waals surface area contributed by atoms with E-state index in [1.807, 2.05) is 18.2 Å². The number of ether oxygens (including phenoxy) is 2. The van der Waals surface area contributed by atoms with E-state index in [-0.39, 0.29) is 47.5 Å². The summed E-state index contributed by atoms with van der Waals surface area (Å²) < 4.78 is 11.1. The van der Waals surface area contributed by atoms with Crippen LogP contribution in [0, 0.1) is 0 Å². The van der Waals surface area contributed by atoms with E-state index in [0.717, 1.165) is 5.56 Å². The number of hydrogen-bond donors (Lipinski definition) is 2. The van der Waals surface area contributed by atoms with Gasteiger partial charge in [0.25, 0.3) is 0 Å². The maximum atomic E-state index is 13.7. The first kappa shape index (κ1) is 21.3. The summed E-state index contributed by atoms with van der Waals surface area (Å²) in [6.45, 7) is 1.73. The molecule has 0 radical (unpaired) electrons. The Bertz CT molecular complexity index is 1280. The first-order valence-electron chi connectivity index (χ1n) is 10.7. The summed E-state index contributed by atoms with van der Waals surface area (Å²) >= 11 is 6.16. The molecule has 7 nitrogen and oxygen atoms in total. The van der Waals surface area contributed by atoms with Crippen LogP contribution in [0.3, 0.4) is 0 Å². The van der Waals surface area contributed by atoms with Gasteiger partial charge in [-0.3, -0.25) is 9.59 Å². The highest BCUT2D eigenvalue weighted by molar-refractivity contribution is 6.30. The quantitative estimate of drug-likeness (QED) is 0.671. The van der Waals surface area contributed by atoms with Gasteiger partial charge in [-0.2, -0.15) is 0 Å². The molecule has 0 saturated heterocycles. The Labute approximate surface area is 195 Å². The summed E-state index contributed by atoms with van der Waals surface area (Å²) in [5, 5.41) is 3.38. The Hall–Kier alpha value is -3.58. The zero-order valence-corrected chi connectivity index (χ0v) is 18.6. The van der Waals surface area contributed by atoms with E-state index < -0.39 is 17.3 Å². The van der Waals surface area contributed by atoms with Crippen molar-refractivity contribution in [2.24, 2.45) is 5.73 Å². The topological polar surface area (TPSA) is 108 Å². The fraction of sp³-hybridized carbons (Fsp3) is 0.240. The lowest BCUT2D eigenvalue weighted by Gasteiger charge is -2.40. The zero-order valence-electron chi connectivity index (χ0n) is 17.8. The van der Waals surface area contributed by atoms with E-state index in [9.17, 15) is 14.4 Å². The fourth-order valence-corrected chi connectivity index (χ4v) is 5.29. The van der Waals surface area contributed by atoms with Gasteiger partial charge in [-0.25, -0.2) is 4.79 Å². The first-order chi connectivity index (χ1) is 15.9. The van der Waals surface area contributed by atoms with Gasteiger partial charge in [0.05, 0.1) is 12.2 Å². The van der Waals surface area contributed by atoms with Crippen LogP contribution in [-0.4, -0.2) is 24.3 Å². The third-order valence-corrected chi connectivity index (χ3v) is 6.61. The number of Topliss-reactive ketones (excluding diaryl/α,β-unsaturated/α-hetero) is 1. The van der Waals surface area contributed by atoms with Crippen molar-refractivity contribution >= 4 is 34.9 Å². The maximum Gasteiger partial charge on any atom is 0.341 e. The molecule has 8 heteroatoms. The Morgan fingerprint density at radius 2 is 2.00 bits per heavy atom. The Morgan fingerprint density at radius 1 is 1.21 bits per heavy atom. The number of allylic oxidation sites excluding steroid dienone is 1. The molecular formula is C25H21ClN2O5. The molecule has 3 N–H and O–H groups in total. The smallest absolute Gasteiger partial charge is 0.341 e. The number of benzene rings is 2. The van der Waals surface area contributed by atoms with E-state index >= 15 is 0 Å². The van der Waals surface area contributed by atoms with Crippen LogP contribution in [0.5, 0.6) is 0 Å². The number of carbonyl (C=O) groups excluding carboxylic acids is 3. The minimum absolute atomic E-state index is 0.0751. The molecule has 2 heterocycles. The number of halogens is 1. The summed E-state index contributed by atoms with van der Waals surface area (Å²) in [5.41, 5.74) is 6.37. The molecule has 168 valence electrons. The van der Waals surface area contributed by atoms with Crippen molar-refractivity contribution in [1.29, 1.82) is 0 Å². The van der Waals surface area contributed by atoms with Gasteiger partial charge in [0.2, 0.25) is 11.8 Å². The second-order valence-corrected chi connectivity index (χ2v) is 8.63. The van der Waals surface area contributed by atoms with E-state index in [0.29, 0.717) is 22.7 Å². The van der Waals surface area contributed by atoms with Crippen LogP contribution < -0.4 is 11.1 Å². The standard InChI is InChI=1S/C25H21ClN2O5/c1-2-32-23(30)21-22(27)33-19-12-14(13-6-5-7-15(26)10-13)11-18(29)20(19)25(21)16-8-3-4-9-17(16)28-24(25)31/h3-10,14H,2,11-12,27H2,1H3,(H,28,31). The van der Waals surface area contributed by atoms with E-state index in [4.69, 9.17) is 26.8 Å². The monoisotopic (exact) mass is 464 g/mol. The number of carbonyl (C=O) groups is 3. The number of esters is 1. The fourth-order valence-electron chi connectivity index (χ4n) is 5.09. The average Bonchev–Trinajstić information content (AvgIpc) is 3.05. The molecule has 3 aliphatic rings. The third kappa shape index (κ3) is 3.07. The molecule has 0 fully saturated rings. The van der Waals surface area contributed by atoms with E-state index in [1.165, 1.54) is 0 Å². The van der Waals surface area contributed by atoms with Crippen LogP contribution in [0.15, 0.2) is 71.3 Å². The molecule has 2 aromatic rings. The molecule has 1 spiro atoms. The van der Waals surface area contributed by atoms with Gasteiger partial charge in [-0.15, -0.1) is 0 Å². The Morgan fingerprint density at radius 3 is 2.76 bits per heavy atom. The van der Waals surface area contributed by atoms with Crippen molar-refractivity contribution in [1.82, 2.24) is 0 Å². The van der Waals surface area contributed by atoms with Crippen molar-refractivity contribution in [2.45, 2.75) is 31.1 Å². The number of nitrogens with one attached hydrogen (secondary N) is 1. The first-order valence-corrected chi connectivity index (χ1v) is 11.0. The van der Waals surface area contributed by atoms with Crippen LogP contribution in [0.1, 0.15) is 36.8 Å². The Kier molecular flexibility index (Phi) is 5.01. The number of anilines is 1. The lowest BCUT2D eigenvalue weighted by molar-refractivity contribution is -0.141. The predicted molar refractivity (Wildman–Crippen MR) is 121 cm³/mol. The van der Waals surface area contributed by atoms with Gasteiger partial charge in [0, 0.05) is 29.1 Å². The number of para-hydroxylation sites is 1. The van der Waals surface area contributed by atoms with Crippen molar-refractivity contribution in [3.8, 4) is 0 Å². The lowest BCUT2D eigenvalue weighted by atomic mass is 9.63. The number of nitrogens with two attached hydrogens (primary N) is 1. The minimum Gasteiger partial charge on any atom is -0.462 e. The predicted octanol–water partition coefficient (Wildman–Crippen LogP) is 3.69. The maximum absolute atomic E-state index is 13.7. The van der Waals surface area contributed by atoms with Gasteiger partial charge >= 0.3 is 5.97 Å². The third-order valence-electron chi connectivity index (χ3n) is 6.37. The van der Waals surface area contributed by atoms with Crippen molar-refractivity contribution in [3.05, 3.63) is 87.5 Å². The van der Waals surface area contributed by atoms with Crippen molar-refractivity contribution < 1.29 is 23.9 Å². The van der Waals surface area contributed by atoms with Gasteiger partial charge < -0.3 is 20.5 Å². The number of ketones is 1. The van der Waals surface area contributed by atoms with Gasteiger partial charge in [0.15, 0.2) is 5.78 Å². The second-order valence-electron chi connectivity index (χ2n) is 8.19. The van der Waals surface area contributed by atoms with Crippen LogP contribution in [-0.2, 0) is 29.3 Å². The van der Waals surface area contributed by atoms with E-state index in [2.05, 4.69) is 5.32 Å². The number of hydrogen-bond acceptors (Lipinski definition) is 6. The number of rotatable bonds is 3. The van der Waals surface area contributed by atoms with Crippen LogP contribution in [0.25, 0.3) is 0 Å². The van der Waals surface area contributed by atoms with Crippen molar-refractivity contribution in [3.63, 3.8) is 0 Å². The molecule has 0 aromatic heterocycles. The number of fused-ring (bicyclic) bond motifs is 3. The summed E-state index contributed by atoms with van der Waals surface area (Å²) in [5.74, 6) is -1.77. The summed E-state index contributed by atoms with van der Waals surface area (Å²) in [6.07, 6.45) is 0.463. The SMILES string of the molecule is CCOC(=O)C1=C(N)OC2=C(C(=O)CC(c3cccc(Cl)c3)C2)C12C(=O)Nc1ccccc12. The largest absolute Gasteiger partial charge is 0.462 e. The minimum atomic E-state index is -1.73. The normalized spacial score (nSPS) is 23.8. The molecule has 33 heavy (non-hydrogen) atoms. The Balaban J connectivity index is 1.72. The molecule has 2 atom stereocenters. The van der Waals surface area contributed by atoms with Gasteiger partial charge in [-0.1, -0.05) is 41.9 Å². The summed E-state index contributed by atoms with van der Waals surface area (Å²) in [4.78, 5) is 40.3. The molecule has 5 rings (SSSR count). The highest BCUT2D eigenvalue weighted by Crippen LogP contribution is 2.55. The van der Waals surface area contributed by atoms with Crippen LogP contribution in [0.4, 0.5) is 5.69 Å². The second kappa shape index (κ2) is 7.78. The highest BCUT2D eigenvalue weighted by atomic mass is 35.5. The summed E-state index contributed by atoms with van der Waals surface area (Å²) in [6, 6.07) is 14.2. The van der Waals surface area contributed by atoms with Crippen LogP contribution in [0.2, 0.25) is 5.02 Å². The molecule has 2 aromatic carbocycles. The zero-order chi connectivity index (χ0) is 23.3. The lowest BCUT2D eigenvalue weighted by Crippen LogP contribution is -2.49. The molecule has 1 aliphatic carbocycles. The average molecular weight is 465 g/mol. The molecule has 2 aliphatic heterocycles. The molecule has 1 amide bonds. The molecular weight excluding hydrogens is 444 g/mol. The number of amides is 1. The molecule has 0 saturated carbocycles. The van der Waals surface area contributed by atoms with Gasteiger partial charge in [0.1, 0.15) is 16.7 Å². The molecule has 0 bridgehead atoms. The summed E-state index contributed by atoms with van der Waals surface area (Å²) in [7, 11) is 0. The van der Waals surface area contributed by atoms with E-state index in [1.54, 1.807) is 37.3 Å². The van der Waals surface area contributed by atoms with Gasteiger partial charge in [-0.05, 0) is 36.6 Å². The van der Waals surface area contributed by atoms with Crippen molar-refractivity contribution in [2.75, 3.05) is 11.9 Å². The highest BCUT2D eigenvalue weighted by Gasteiger charge is 2.62. The molecule has 2 unspecified atom stereocenters.